The summed E-state index contributed by atoms with van der Waals surface area (Å²) >= 11 is 18.4. The zero-order valence-corrected chi connectivity index (χ0v) is 20.5. The summed E-state index contributed by atoms with van der Waals surface area (Å²) in [5, 5.41) is 10.2. The number of methoxy groups -OCH3 is 1. The van der Waals surface area contributed by atoms with Gasteiger partial charge in [-0.05, 0) is 36.3 Å². The number of hydrogen-bond donors (Lipinski definition) is 1. The van der Waals surface area contributed by atoms with Crippen LogP contribution in [0, 0.1) is 0 Å². The lowest BCUT2D eigenvalue weighted by Crippen LogP contribution is -2.21. The first-order valence-electron chi connectivity index (χ1n) is 9.58. The molecule has 8 heteroatoms. The molecule has 0 fully saturated rings. The molecule has 1 aromatic rings. The molecule has 0 bridgehead atoms. The molecule has 0 aliphatic rings. The average molecular weight is 492 g/mol. The molecule has 5 nitrogen and oxygen atoms in total. The van der Waals surface area contributed by atoms with Crippen molar-refractivity contribution >= 4 is 40.6 Å². The Kier molecular flexibility index (Phi) is 11.7. The third-order valence-corrected chi connectivity index (χ3v) is 5.44. The van der Waals surface area contributed by atoms with Crippen LogP contribution in [0.25, 0.3) is 0 Å². The Morgan fingerprint density at radius 2 is 1.84 bits per heavy atom. The molecule has 0 aliphatic carbocycles. The van der Waals surface area contributed by atoms with Crippen LogP contribution < -0.4 is 4.74 Å². The summed E-state index contributed by atoms with van der Waals surface area (Å²) in [6.45, 7) is 9.63. The van der Waals surface area contributed by atoms with E-state index < -0.39 is 11.5 Å². The Balaban J connectivity index is 3.07. The molecule has 0 aromatic heterocycles. The van der Waals surface area contributed by atoms with E-state index >= 15 is 0 Å². The van der Waals surface area contributed by atoms with Crippen LogP contribution in [0.4, 0.5) is 0 Å². The van der Waals surface area contributed by atoms with Crippen LogP contribution in [-0.2, 0) is 19.7 Å². The Labute approximate surface area is 199 Å². The summed E-state index contributed by atoms with van der Waals surface area (Å²) in [5.41, 5.74) is 1.24. The third-order valence-electron chi connectivity index (χ3n) is 4.52. The van der Waals surface area contributed by atoms with Gasteiger partial charge in [-0.15, -0.1) is 11.6 Å². The molecular formula is C23H29Cl3O5. The lowest BCUT2D eigenvalue weighted by atomic mass is 9.77. The molecule has 0 aliphatic heterocycles. The van der Waals surface area contributed by atoms with Crippen molar-refractivity contribution in [1.82, 2.24) is 0 Å². The number of benzene rings is 1. The third kappa shape index (κ3) is 8.51. The number of ketones is 1. The Hall–Kier alpha value is -1.50. The van der Waals surface area contributed by atoms with E-state index in [9.17, 15) is 9.90 Å². The van der Waals surface area contributed by atoms with Gasteiger partial charge in [0.1, 0.15) is 25.9 Å². The van der Waals surface area contributed by atoms with Crippen molar-refractivity contribution in [2.45, 2.75) is 32.3 Å². The lowest BCUT2D eigenvalue weighted by molar-refractivity contribution is -0.125. The van der Waals surface area contributed by atoms with Crippen LogP contribution in [0.2, 0.25) is 10.0 Å². The van der Waals surface area contributed by atoms with E-state index in [1.54, 1.807) is 31.2 Å². The van der Waals surface area contributed by atoms with E-state index in [1.807, 2.05) is 19.9 Å². The molecule has 0 saturated heterocycles. The smallest absolute Gasteiger partial charge is 0.195 e. The fourth-order valence-electron chi connectivity index (χ4n) is 2.63. The molecule has 1 rings (SSSR count). The number of alkyl halides is 1. The first-order valence-corrected chi connectivity index (χ1v) is 10.9. The summed E-state index contributed by atoms with van der Waals surface area (Å²) in [4.78, 5) is 11.5. The van der Waals surface area contributed by atoms with E-state index in [-0.39, 0.29) is 31.5 Å². The second-order valence-corrected chi connectivity index (χ2v) is 8.50. The summed E-state index contributed by atoms with van der Waals surface area (Å²) in [5.74, 6) is 0.775. The molecule has 172 valence electrons. The van der Waals surface area contributed by atoms with E-state index in [2.05, 4.69) is 6.58 Å². The quantitative estimate of drug-likeness (QED) is 0.224. The number of carbonyl (C=O) groups excluding carboxylic acids is 1. The van der Waals surface area contributed by atoms with Crippen molar-refractivity contribution in [3.05, 3.63) is 63.9 Å². The van der Waals surface area contributed by atoms with Crippen LogP contribution in [0.15, 0.2) is 48.3 Å². The molecule has 0 heterocycles. The standard InChI is InChI=1S/C23H29Cl3O5/c1-6-16(8-7-15(2)30-14-19(28)12-29-5)23(3,4)17-9-20(25)22(21(26)10-17)31-13-18(27)11-24/h6-10,18,27H,1,11-14H2,2-5H3/b15-7+,16-8+/t18-/m1/s1. The maximum absolute atomic E-state index is 11.5. The van der Waals surface area contributed by atoms with Gasteiger partial charge < -0.3 is 19.3 Å². The van der Waals surface area contributed by atoms with Crippen molar-refractivity contribution in [3.8, 4) is 5.75 Å². The number of aliphatic hydroxyl groups is 1. The predicted molar refractivity (Wildman–Crippen MR) is 127 cm³/mol. The van der Waals surface area contributed by atoms with Gasteiger partial charge >= 0.3 is 0 Å². The second-order valence-electron chi connectivity index (χ2n) is 7.38. The Bertz CT molecular complexity index is 807. The number of rotatable bonds is 13. The molecule has 0 unspecified atom stereocenters. The molecule has 0 radical (unpaired) electrons. The van der Waals surface area contributed by atoms with Gasteiger partial charge in [0.05, 0.1) is 21.7 Å². The largest absolute Gasteiger partial charge is 0.490 e. The van der Waals surface area contributed by atoms with Gasteiger partial charge in [-0.1, -0.05) is 55.8 Å². The first-order chi connectivity index (χ1) is 14.6. The topological polar surface area (TPSA) is 65.0 Å². The number of aliphatic hydroxyl groups excluding tert-OH is 1. The van der Waals surface area contributed by atoms with Crippen LogP contribution >= 0.6 is 34.8 Å². The van der Waals surface area contributed by atoms with Crippen LogP contribution in [0.1, 0.15) is 26.3 Å². The SMILES string of the molecule is C=C/C(=C\C=C(/C)OCC(=O)COC)C(C)(C)c1cc(Cl)c(OC[C@H](O)CCl)c(Cl)c1. The van der Waals surface area contributed by atoms with Crippen LogP contribution in [-0.4, -0.2) is 49.8 Å². The fraction of sp³-hybridized carbons (Fsp3) is 0.435. The van der Waals surface area contributed by atoms with E-state index in [4.69, 9.17) is 49.0 Å². The maximum Gasteiger partial charge on any atom is 0.195 e. The van der Waals surface area contributed by atoms with Gasteiger partial charge in [0.15, 0.2) is 11.5 Å². The number of hydrogen-bond acceptors (Lipinski definition) is 5. The average Bonchev–Trinajstić information content (AvgIpc) is 2.71. The van der Waals surface area contributed by atoms with Gasteiger partial charge in [-0.25, -0.2) is 0 Å². The van der Waals surface area contributed by atoms with Gasteiger partial charge in [-0.2, -0.15) is 0 Å². The van der Waals surface area contributed by atoms with Crippen molar-refractivity contribution in [2.75, 3.05) is 32.8 Å². The molecule has 1 N–H and O–H groups in total. The van der Waals surface area contributed by atoms with Crippen molar-refractivity contribution in [1.29, 1.82) is 0 Å². The number of allylic oxidation sites excluding steroid dienone is 5. The lowest BCUT2D eigenvalue weighted by Gasteiger charge is -2.28. The number of carbonyl (C=O) groups is 1. The summed E-state index contributed by atoms with van der Waals surface area (Å²) in [6.07, 6.45) is 4.56. The zero-order chi connectivity index (χ0) is 23.6. The van der Waals surface area contributed by atoms with Gasteiger partial charge in [0.25, 0.3) is 0 Å². The minimum atomic E-state index is -0.817. The first kappa shape index (κ1) is 27.5. The molecule has 1 atom stereocenters. The van der Waals surface area contributed by atoms with Crippen molar-refractivity contribution in [3.63, 3.8) is 0 Å². The highest BCUT2D eigenvalue weighted by atomic mass is 35.5. The monoisotopic (exact) mass is 490 g/mol. The highest BCUT2D eigenvalue weighted by Gasteiger charge is 2.26. The van der Waals surface area contributed by atoms with E-state index in [1.165, 1.54) is 7.11 Å². The molecule has 0 saturated carbocycles. The number of ether oxygens (including phenoxy) is 3. The van der Waals surface area contributed by atoms with Crippen molar-refractivity contribution < 1.29 is 24.1 Å². The summed E-state index contributed by atoms with van der Waals surface area (Å²) in [6, 6.07) is 3.54. The van der Waals surface area contributed by atoms with Crippen LogP contribution in [0.5, 0.6) is 5.75 Å². The van der Waals surface area contributed by atoms with Gasteiger partial charge in [0, 0.05) is 12.5 Å². The Morgan fingerprint density at radius 1 is 1.23 bits per heavy atom. The van der Waals surface area contributed by atoms with Crippen LogP contribution in [0.3, 0.4) is 0 Å². The predicted octanol–water partition coefficient (Wildman–Crippen LogP) is 5.50. The highest BCUT2D eigenvalue weighted by molar-refractivity contribution is 6.37. The van der Waals surface area contributed by atoms with Gasteiger partial charge in [0.2, 0.25) is 0 Å². The molecule has 1 aromatic carbocycles. The summed E-state index contributed by atoms with van der Waals surface area (Å²) < 4.78 is 15.7. The summed E-state index contributed by atoms with van der Waals surface area (Å²) in [7, 11) is 1.46. The molecule has 31 heavy (non-hydrogen) atoms. The van der Waals surface area contributed by atoms with E-state index in [0.717, 1.165) is 11.1 Å². The Morgan fingerprint density at radius 3 is 2.35 bits per heavy atom. The minimum Gasteiger partial charge on any atom is -0.490 e. The maximum atomic E-state index is 11.5. The van der Waals surface area contributed by atoms with Crippen molar-refractivity contribution in [2.24, 2.45) is 0 Å². The highest BCUT2D eigenvalue weighted by Crippen LogP contribution is 2.40. The normalized spacial score (nSPS) is 13.7. The number of Topliss-reactive ketones (excluding diaryl/α,β-unsaturated/α-hetero) is 1. The second kappa shape index (κ2) is 13.1. The molecular weight excluding hydrogens is 463 g/mol. The zero-order valence-electron chi connectivity index (χ0n) is 18.2. The van der Waals surface area contributed by atoms with Gasteiger partial charge in [-0.3, -0.25) is 4.79 Å². The van der Waals surface area contributed by atoms with E-state index in [0.29, 0.717) is 21.6 Å². The number of halogens is 3. The fourth-order valence-corrected chi connectivity index (χ4v) is 3.32. The molecule has 0 spiro atoms. The minimum absolute atomic E-state index is 0.0134. The molecule has 0 amide bonds.